The molecule has 3 aromatic rings. The number of hydrogen-bond donors (Lipinski definition) is 2. The first-order chi connectivity index (χ1) is 9.74. The van der Waals surface area contributed by atoms with E-state index in [9.17, 15) is 4.79 Å². The summed E-state index contributed by atoms with van der Waals surface area (Å²) in [5.41, 5.74) is 7.61. The molecule has 1 amide bonds. The van der Waals surface area contributed by atoms with Crippen LogP contribution in [-0.2, 0) is 6.54 Å². The van der Waals surface area contributed by atoms with Crippen LogP contribution in [0, 0.1) is 0 Å². The number of nitrogens with one attached hydrogen (secondary N) is 1. The second-order valence-corrected chi connectivity index (χ2v) is 4.18. The zero-order valence-electron chi connectivity index (χ0n) is 10.4. The summed E-state index contributed by atoms with van der Waals surface area (Å²) < 4.78 is 1.71. The maximum absolute atomic E-state index is 11.3. The van der Waals surface area contributed by atoms with Gasteiger partial charge in [0.15, 0.2) is 5.69 Å². The van der Waals surface area contributed by atoms with Crippen LogP contribution >= 0.6 is 0 Å². The van der Waals surface area contributed by atoms with E-state index in [0.717, 1.165) is 11.1 Å². The standard InChI is InChI=1S/C12H11N7O/c13-12(20)11-10(16-18-17-11)9-3-1-2-8(4-9)5-19-7-14-6-15-19/h1-4,6-7H,5H2,(H2,13,20)(H,16,17,18). The molecule has 20 heavy (non-hydrogen) atoms. The molecule has 2 aromatic heterocycles. The number of carbonyl (C=O) groups is 1. The van der Waals surface area contributed by atoms with E-state index in [2.05, 4.69) is 25.5 Å². The molecule has 0 unspecified atom stereocenters. The first kappa shape index (κ1) is 12.0. The van der Waals surface area contributed by atoms with Crippen molar-refractivity contribution in [2.24, 2.45) is 5.73 Å². The second kappa shape index (κ2) is 4.92. The van der Waals surface area contributed by atoms with Crippen molar-refractivity contribution in [3.8, 4) is 11.3 Å². The van der Waals surface area contributed by atoms with Crippen LogP contribution in [0.3, 0.4) is 0 Å². The molecular formula is C12H11N7O. The number of aromatic nitrogens is 6. The van der Waals surface area contributed by atoms with Gasteiger partial charge in [-0.1, -0.05) is 18.2 Å². The number of H-pyrrole nitrogens is 1. The molecule has 3 rings (SSSR count). The average molecular weight is 269 g/mol. The lowest BCUT2D eigenvalue weighted by Gasteiger charge is -2.04. The highest BCUT2D eigenvalue weighted by Crippen LogP contribution is 2.20. The fourth-order valence-corrected chi connectivity index (χ4v) is 1.92. The van der Waals surface area contributed by atoms with Gasteiger partial charge in [-0.15, -0.1) is 0 Å². The first-order valence-corrected chi connectivity index (χ1v) is 5.86. The van der Waals surface area contributed by atoms with Gasteiger partial charge in [0.05, 0.1) is 6.54 Å². The van der Waals surface area contributed by atoms with Gasteiger partial charge >= 0.3 is 0 Å². The number of rotatable bonds is 4. The van der Waals surface area contributed by atoms with E-state index in [1.165, 1.54) is 6.33 Å². The SMILES string of the molecule is NC(=O)c1n[nH]nc1-c1cccc(Cn2cncn2)c1. The summed E-state index contributed by atoms with van der Waals surface area (Å²) in [4.78, 5) is 15.2. The fourth-order valence-electron chi connectivity index (χ4n) is 1.92. The monoisotopic (exact) mass is 269 g/mol. The fraction of sp³-hybridized carbons (Fsp3) is 0.0833. The van der Waals surface area contributed by atoms with E-state index in [0.29, 0.717) is 12.2 Å². The minimum atomic E-state index is -0.615. The minimum Gasteiger partial charge on any atom is -0.364 e. The number of carbonyl (C=O) groups excluding carboxylic acids is 1. The van der Waals surface area contributed by atoms with Gasteiger partial charge in [-0.2, -0.15) is 20.5 Å². The Morgan fingerprint density at radius 3 is 3.00 bits per heavy atom. The molecule has 0 saturated carbocycles. The van der Waals surface area contributed by atoms with Gasteiger partial charge < -0.3 is 5.73 Å². The maximum atomic E-state index is 11.3. The van der Waals surface area contributed by atoms with Gasteiger partial charge in [-0.3, -0.25) is 4.79 Å². The van der Waals surface area contributed by atoms with Gasteiger partial charge in [0.25, 0.3) is 5.91 Å². The number of primary amides is 1. The van der Waals surface area contributed by atoms with Crippen molar-refractivity contribution in [2.75, 3.05) is 0 Å². The molecule has 0 bridgehead atoms. The van der Waals surface area contributed by atoms with E-state index in [4.69, 9.17) is 5.73 Å². The van der Waals surface area contributed by atoms with Crippen LogP contribution in [0.1, 0.15) is 16.1 Å². The Labute approximate surface area is 113 Å². The zero-order chi connectivity index (χ0) is 13.9. The van der Waals surface area contributed by atoms with Crippen molar-refractivity contribution in [3.63, 3.8) is 0 Å². The molecule has 2 heterocycles. The maximum Gasteiger partial charge on any atom is 0.271 e. The highest BCUT2D eigenvalue weighted by Gasteiger charge is 2.15. The van der Waals surface area contributed by atoms with Crippen molar-refractivity contribution in [1.82, 2.24) is 30.2 Å². The molecule has 3 N–H and O–H groups in total. The Morgan fingerprint density at radius 2 is 2.25 bits per heavy atom. The number of nitrogens with two attached hydrogens (primary N) is 1. The Balaban J connectivity index is 1.95. The van der Waals surface area contributed by atoms with Crippen LogP contribution in [0.25, 0.3) is 11.3 Å². The zero-order valence-corrected chi connectivity index (χ0v) is 10.4. The molecule has 100 valence electrons. The molecule has 0 aliphatic carbocycles. The Kier molecular flexibility index (Phi) is 2.96. The number of hydrogen-bond acceptors (Lipinski definition) is 5. The van der Waals surface area contributed by atoms with Crippen molar-refractivity contribution >= 4 is 5.91 Å². The third-order valence-corrected chi connectivity index (χ3v) is 2.79. The van der Waals surface area contributed by atoms with E-state index in [-0.39, 0.29) is 5.69 Å². The van der Waals surface area contributed by atoms with Crippen molar-refractivity contribution < 1.29 is 4.79 Å². The van der Waals surface area contributed by atoms with E-state index in [1.54, 1.807) is 11.0 Å². The van der Waals surface area contributed by atoms with Crippen LogP contribution in [0.2, 0.25) is 0 Å². The topological polar surface area (TPSA) is 115 Å². The summed E-state index contributed by atoms with van der Waals surface area (Å²) in [5.74, 6) is -0.615. The molecule has 0 aliphatic rings. The highest BCUT2D eigenvalue weighted by atomic mass is 16.1. The average Bonchev–Trinajstić information content (AvgIpc) is 3.09. The van der Waals surface area contributed by atoms with Gasteiger partial charge in [0.1, 0.15) is 18.3 Å². The van der Waals surface area contributed by atoms with Crippen molar-refractivity contribution in [3.05, 3.63) is 48.2 Å². The summed E-state index contributed by atoms with van der Waals surface area (Å²) in [5, 5.41) is 14.2. The second-order valence-electron chi connectivity index (χ2n) is 4.18. The molecule has 0 saturated heterocycles. The van der Waals surface area contributed by atoms with Crippen LogP contribution in [-0.4, -0.2) is 36.1 Å². The lowest BCUT2D eigenvalue weighted by molar-refractivity contribution is 0.0996. The molecule has 0 spiro atoms. The largest absolute Gasteiger partial charge is 0.364 e. The summed E-state index contributed by atoms with van der Waals surface area (Å²) in [6.07, 6.45) is 3.12. The summed E-state index contributed by atoms with van der Waals surface area (Å²) in [6.45, 7) is 0.581. The molecule has 0 aliphatic heterocycles. The predicted molar refractivity (Wildman–Crippen MR) is 69.5 cm³/mol. The number of benzene rings is 1. The molecule has 0 radical (unpaired) electrons. The summed E-state index contributed by atoms with van der Waals surface area (Å²) in [6, 6.07) is 7.58. The van der Waals surface area contributed by atoms with Gasteiger partial charge in [0.2, 0.25) is 0 Å². The van der Waals surface area contributed by atoms with Gasteiger partial charge in [-0.05, 0) is 11.6 Å². The minimum absolute atomic E-state index is 0.128. The van der Waals surface area contributed by atoms with Crippen molar-refractivity contribution in [1.29, 1.82) is 0 Å². The Hall–Kier alpha value is -3.03. The quantitative estimate of drug-likeness (QED) is 0.702. The summed E-state index contributed by atoms with van der Waals surface area (Å²) in [7, 11) is 0. The molecule has 0 atom stereocenters. The number of amides is 1. The van der Waals surface area contributed by atoms with E-state index >= 15 is 0 Å². The molecule has 8 nitrogen and oxygen atoms in total. The normalized spacial score (nSPS) is 10.6. The highest BCUT2D eigenvalue weighted by molar-refractivity contribution is 5.96. The van der Waals surface area contributed by atoms with Crippen LogP contribution in [0.4, 0.5) is 0 Å². The van der Waals surface area contributed by atoms with Gasteiger partial charge in [0, 0.05) is 5.56 Å². The third kappa shape index (κ3) is 2.26. The lowest BCUT2D eigenvalue weighted by Crippen LogP contribution is -2.12. The third-order valence-electron chi connectivity index (χ3n) is 2.79. The smallest absolute Gasteiger partial charge is 0.271 e. The van der Waals surface area contributed by atoms with Gasteiger partial charge in [-0.25, -0.2) is 9.67 Å². The summed E-state index contributed by atoms with van der Waals surface area (Å²) >= 11 is 0. The first-order valence-electron chi connectivity index (χ1n) is 5.86. The Bertz CT molecular complexity index is 732. The van der Waals surface area contributed by atoms with E-state index < -0.39 is 5.91 Å². The molecule has 8 heteroatoms. The molecule has 0 fully saturated rings. The lowest BCUT2D eigenvalue weighted by atomic mass is 10.1. The Morgan fingerprint density at radius 1 is 1.35 bits per heavy atom. The van der Waals surface area contributed by atoms with Crippen LogP contribution in [0.5, 0.6) is 0 Å². The predicted octanol–water partition coefficient (Wildman–Crippen LogP) is 0.210. The van der Waals surface area contributed by atoms with E-state index in [1.807, 2.05) is 24.3 Å². The van der Waals surface area contributed by atoms with Crippen LogP contribution in [0.15, 0.2) is 36.9 Å². The molecular weight excluding hydrogens is 258 g/mol. The number of nitrogens with zero attached hydrogens (tertiary/aromatic N) is 5. The van der Waals surface area contributed by atoms with Crippen molar-refractivity contribution in [2.45, 2.75) is 6.54 Å². The molecule has 1 aromatic carbocycles. The van der Waals surface area contributed by atoms with Crippen LogP contribution < -0.4 is 5.73 Å². The number of aromatic amines is 1.